The Labute approximate surface area is 334 Å². The summed E-state index contributed by atoms with van der Waals surface area (Å²) in [5.74, 6) is 0.178. The SMILES string of the molecule is CCN1CCN(C(=O)C2CCSC2NC(=O)C2Nc3ccc(C4CC(C(=O)NC5CCN(C)CC5)C(NC(=O)C5Nc6ccccc6S5)S4)cc3S2)CC1. The number of carbonyl (C=O) groups is 4. The molecule has 0 bridgehead atoms. The number of benzene rings is 2. The zero-order valence-electron chi connectivity index (χ0n) is 30.8. The Bertz CT molecular complexity index is 1710. The van der Waals surface area contributed by atoms with Gasteiger partial charge in [0.1, 0.15) is 0 Å². The van der Waals surface area contributed by atoms with Gasteiger partial charge in [0.2, 0.25) is 11.8 Å². The summed E-state index contributed by atoms with van der Waals surface area (Å²) in [6.45, 7) is 8.34. The van der Waals surface area contributed by atoms with Crippen LogP contribution in [0.15, 0.2) is 52.3 Å². The molecule has 7 unspecified atom stereocenters. The molecule has 0 radical (unpaired) electrons. The number of likely N-dealkylation sites (tertiary alicyclic amines) is 1. The third-order valence-corrected chi connectivity index (χ3v) is 16.6. The van der Waals surface area contributed by atoms with Gasteiger partial charge in [0, 0.05) is 58.6 Å². The Morgan fingerprint density at radius 3 is 2.17 bits per heavy atom. The number of thioether (sulfide) groups is 4. The van der Waals surface area contributed by atoms with Crippen LogP contribution in [0.4, 0.5) is 11.4 Å². The number of hydrogen-bond acceptors (Lipinski definition) is 12. The fraction of sp³-hybridized carbons (Fsp3) is 0.579. The first-order valence-electron chi connectivity index (χ1n) is 19.2. The van der Waals surface area contributed by atoms with Gasteiger partial charge in [-0.05, 0) is 87.9 Å². The lowest BCUT2D eigenvalue weighted by Gasteiger charge is -2.36. The fourth-order valence-electron chi connectivity index (χ4n) is 8.15. The van der Waals surface area contributed by atoms with Gasteiger partial charge in [-0.15, -0.1) is 23.5 Å². The molecule has 6 aliphatic rings. The van der Waals surface area contributed by atoms with Crippen LogP contribution in [0.1, 0.15) is 43.4 Å². The second-order valence-electron chi connectivity index (χ2n) is 15.0. The van der Waals surface area contributed by atoms with Crippen LogP contribution in [0.2, 0.25) is 0 Å². The average Bonchev–Trinajstić information content (AvgIpc) is 4.00. The van der Waals surface area contributed by atoms with Crippen molar-refractivity contribution in [2.75, 3.05) is 69.2 Å². The number of likely N-dealkylation sites (N-methyl/N-ethyl adjacent to an activating group) is 1. The van der Waals surface area contributed by atoms with E-state index in [9.17, 15) is 19.2 Å². The van der Waals surface area contributed by atoms with Crippen molar-refractivity contribution in [3.63, 3.8) is 0 Å². The maximum absolute atomic E-state index is 13.9. The monoisotopic (exact) mass is 810 g/mol. The van der Waals surface area contributed by atoms with Gasteiger partial charge >= 0.3 is 0 Å². The standard InChI is InChI=1S/C38H50N8O4S4/c1-3-45-15-17-46(18-16-45)38(50)24-12-19-51-34(24)42-32(48)37-41-27-9-8-22(20-30(27)54-37)29-21-25(31(47)39-23-10-13-44(2)14-11-23)35(53-29)43-33(49)36-40-26-6-4-5-7-28(26)52-36/h4-9,20,23-25,29,34-37,40-41H,3,10-19,21H2,1-2H3,(H,39,47)(H,42,48)(H,43,49). The maximum Gasteiger partial charge on any atom is 0.254 e. The molecule has 16 heteroatoms. The molecule has 6 heterocycles. The number of piperidine rings is 1. The van der Waals surface area contributed by atoms with Gasteiger partial charge in [-0.3, -0.25) is 19.2 Å². The molecule has 4 fully saturated rings. The number of para-hydroxylation sites is 1. The van der Waals surface area contributed by atoms with Crippen molar-refractivity contribution in [1.82, 2.24) is 30.7 Å². The van der Waals surface area contributed by atoms with Crippen molar-refractivity contribution in [1.29, 1.82) is 0 Å². The Kier molecular flexibility index (Phi) is 11.8. The van der Waals surface area contributed by atoms with Crippen LogP contribution >= 0.6 is 47.0 Å². The molecule has 0 aliphatic carbocycles. The minimum atomic E-state index is -0.503. The first kappa shape index (κ1) is 38.1. The van der Waals surface area contributed by atoms with Gasteiger partial charge in [0.15, 0.2) is 10.7 Å². The Morgan fingerprint density at radius 1 is 0.759 bits per heavy atom. The predicted octanol–water partition coefficient (Wildman–Crippen LogP) is 3.88. The van der Waals surface area contributed by atoms with Crippen LogP contribution in [-0.4, -0.2) is 124 Å². The van der Waals surface area contributed by atoms with E-state index in [4.69, 9.17) is 0 Å². The van der Waals surface area contributed by atoms with E-state index < -0.39 is 10.7 Å². The highest BCUT2D eigenvalue weighted by molar-refractivity contribution is 8.02. The molecule has 4 saturated heterocycles. The van der Waals surface area contributed by atoms with Crippen molar-refractivity contribution in [3.05, 3.63) is 48.0 Å². The van der Waals surface area contributed by atoms with Crippen molar-refractivity contribution in [3.8, 4) is 0 Å². The van der Waals surface area contributed by atoms with Gasteiger partial charge in [-0.1, -0.05) is 48.6 Å². The van der Waals surface area contributed by atoms with Gasteiger partial charge in [-0.25, -0.2) is 0 Å². The quantitative estimate of drug-likeness (QED) is 0.252. The second-order valence-corrected chi connectivity index (χ2v) is 19.9. The summed E-state index contributed by atoms with van der Waals surface area (Å²) in [4.78, 5) is 63.3. The number of fused-ring (bicyclic) bond motifs is 2. The Hall–Kier alpha value is -2.76. The van der Waals surface area contributed by atoms with Crippen LogP contribution in [0, 0.1) is 11.8 Å². The third-order valence-electron chi connectivity index (χ3n) is 11.5. The highest BCUT2D eigenvalue weighted by Gasteiger charge is 2.44. The average molecular weight is 811 g/mol. The zero-order valence-corrected chi connectivity index (χ0v) is 34.0. The lowest BCUT2D eigenvalue weighted by molar-refractivity contribution is -0.137. The second kappa shape index (κ2) is 16.8. The largest absolute Gasteiger partial charge is 0.364 e. The molecule has 290 valence electrons. The van der Waals surface area contributed by atoms with E-state index in [-0.39, 0.29) is 57.5 Å². The molecular weight excluding hydrogens is 761 g/mol. The first-order chi connectivity index (χ1) is 26.2. The summed E-state index contributed by atoms with van der Waals surface area (Å²) < 4.78 is 0. The molecule has 5 N–H and O–H groups in total. The molecule has 12 nitrogen and oxygen atoms in total. The van der Waals surface area contributed by atoms with E-state index in [0.717, 1.165) is 97.6 Å². The highest BCUT2D eigenvalue weighted by atomic mass is 32.2. The van der Waals surface area contributed by atoms with Crippen LogP contribution in [0.5, 0.6) is 0 Å². The number of carbonyl (C=O) groups excluding carboxylic acids is 4. The molecule has 0 aromatic heterocycles. The van der Waals surface area contributed by atoms with E-state index in [2.05, 4.69) is 62.5 Å². The lowest BCUT2D eigenvalue weighted by atomic mass is 9.96. The van der Waals surface area contributed by atoms with Crippen LogP contribution in [0.25, 0.3) is 0 Å². The topological polar surface area (TPSA) is 138 Å². The number of hydrogen-bond donors (Lipinski definition) is 5. The third kappa shape index (κ3) is 8.34. The molecule has 2 aromatic rings. The summed E-state index contributed by atoms with van der Waals surface area (Å²) in [6.07, 6.45) is 3.21. The molecule has 0 spiro atoms. The summed E-state index contributed by atoms with van der Waals surface area (Å²) in [5, 5.41) is 14.9. The number of anilines is 2. The number of nitrogens with zero attached hydrogens (tertiary/aromatic N) is 3. The lowest BCUT2D eigenvalue weighted by Crippen LogP contribution is -2.53. The number of piperazine rings is 1. The normalized spacial score (nSPS) is 29.9. The molecule has 4 amide bonds. The Morgan fingerprint density at radius 2 is 1.44 bits per heavy atom. The highest BCUT2D eigenvalue weighted by Crippen LogP contribution is 2.50. The van der Waals surface area contributed by atoms with Crippen LogP contribution in [-0.2, 0) is 19.2 Å². The summed E-state index contributed by atoms with van der Waals surface area (Å²) in [7, 11) is 2.11. The fourth-order valence-corrected chi connectivity index (χ4v) is 13.2. The number of nitrogens with one attached hydrogen (secondary N) is 5. The van der Waals surface area contributed by atoms with E-state index in [1.807, 2.05) is 35.2 Å². The van der Waals surface area contributed by atoms with Crippen molar-refractivity contribution in [2.45, 2.75) is 75.2 Å². The minimum absolute atomic E-state index is 0.00102. The molecule has 7 atom stereocenters. The van der Waals surface area contributed by atoms with Gasteiger partial charge in [-0.2, -0.15) is 0 Å². The molecule has 6 aliphatic heterocycles. The van der Waals surface area contributed by atoms with Crippen molar-refractivity contribution < 1.29 is 19.2 Å². The van der Waals surface area contributed by atoms with Gasteiger partial charge < -0.3 is 41.3 Å². The van der Waals surface area contributed by atoms with Crippen molar-refractivity contribution in [2.24, 2.45) is 11.8 Å². The molecule has 0 saturated carbocycles. The van der Waals surface area contributed by atoms with Gasteiger partial charge in [0.25, 0.3) is 11.8 Å². The molecular formula is C38H50N8O4S4. The first-order valence-corrected chi connectivity index (χ1v) is 22.9. The van der Waals surface area contributed by atoms with Gasteiger partial charge in [0.05, 0.1) is 22.6 Å². The van der Waals surface area contributed by atoms with E-state index in [1.54, 1.807) is 23.5 Å². The minimum Gasteiger partial charge on any atom is -0.364 e. The zero-order chi connectivity index (χ0) is 37.3. The smallest absolute Gasteiger partial charge is 0.254 e. The van der Waals surface area contributed by atoms with Crippen LogP contribution in [0.3, 0.4) is 0 Å². The molecule has 8 rings (SSSR count). The number of rotatable bonds is 9. The van der Waals surface area contributed by atoms with Crippen LogP contribution < -0.4 is 26.6 Å². The van der Waals surface area contributed by atoms with E-state index in [1.165, 1.54) is 23.5 Å². The molecule has 54 heavy (non-hydrogen) atoms. The van der Waals surface area contributed by atoms with Crippen molar-refractivity contribution >= 4 is 82.1 Å². The summed E-state index contributed by atoms with van der Waals surface area (Å²) >= 11 is 6.28. The van der Waals surface area contributed by atoms with E-state index >= 15 is 0 Å². The summed E-state index contributed by atoms with van der Waals surface area (Å²) in [5.41, 5.74) is 2.92. The number of amides is 4. The predicted molar refractivity (Wildman–Crippen MR) is 220 cm³/mol. The maximum atomic E-state index is 13.9. The molecule has 2 aromatic carbocycles. The summed E-state index contributed by atoms with van der Waals surface area (Å²) in [6, 6.07) is 14.3. The Balaban J connectivity index is 0.906. The van der Waals surface area contributed by atoms with E-state index in [0.29, 0.717) is 6.42 Å².